The standard InChI is InChI=1S/C17H24N4O2S/c1-12-20-14(11-24-12)9-18-17(22)19-10-16(21(2)3)13-5-7-15(23-4)8-6-13/h5-8,11,16H,9-10H2,1-4H3,(H2,18,19,22)/t16-/m1/s1. The first-order valence-corrected chi connectivity index (χ1v) is 8.60. The monoisotopic (exact) mass is 348 g/mol. The minimum Gasteiger partial charge on any atom is -0.497 e. The fraction of sp³-hybridized carbons (Fsp3) is 0.412. The predicted octanol–water partition coefficient (Wildman–Crippen LogP) is 2.56. The number of carbonyl (C=O) groups excluding carboxylic acids is 1. The Morgan fingerprint density at radius 3 is 2.54 bits per heavy atom. The molecule has 0 aliphatic heterocycles. The van der Waals surface area contributed by atoms with Crippen LogP contribution < -0.4 is 15.4 Å². The second-order valence-electron chi connectivity index (χ2n) is 5.67. The van der Waals surface area contributed by atoms with Crippen molar-refractivity contribution in [2.75, 3.05) is 27.7 Å². The summed E-state index contributed by atoms with van der Waals surface area (Å²) in [7, 11) is 5.63. The van der Waals surface area contributed by atoms with E-state index in [1.54, 1.807) is 18.4 Å². The minimum absolute atomic E-state index is 0.0863. The Kier molecular flexibility index (Phi) is 6.57. The van der Waals surface area contributed by atoms with E-state index in [1.165, 1.54) is 0 Å². The molecule has 24 heavy (non-hydrogen) atoms. The molecule has 1 atom stereocenters. The summed E-state index contributed by atoms with van der Waals surface area (Å²) in [6.45, 7) is 2.90. The van der Waals surface area contributed by atoms with E-state index < -0.39 is 0 Å². The lowest BCUT2D eigenvalue weighted by atomic mass is 10.1. The molecule has 2 amide bonds. The molecular weight excluding hydrogens is 324 g/mol. The van der Waals surface area contributed by atoms with Crippen molar-refractivity contribution >= 4 is 17.4 Å². The molecule has 130 valence electrons. The van der Waals surface area contributed by atoms with E-state index in [1.807, 2.05) is 50.7 Å². The third-order valence-corrected chi connectivity index (χ3v) is 4.50. The van der Waals surface area contributed by atoms with Gasteiger partial charge in [0, 0.05) is 11.9 Å². The number of urea groups is 1. The highest BCUT2D eigenvalue weighted by Crippen LogP contribution is 2.20. The zero-order chi connectivity index (χ0) is 17.5. The summed E-state index contributed by atoms with van der Waals surface area (Å²) in [4.78, 5) is 18.4. The quantitative estimate of drug-likeness (QED) is 0.807. The zero-order valence-corrected chi connectivity index (χ0v) is 15.3. The first-order valence-electron chi connectivity index (χ1n) is 7.72. The molecule has 0 aliphatic rings. The molecule has 0 saturated carbocycles. The Morgan fingerprint density at radius 2 is 2.00 bits per heavy atom. The number of rotatable bonds is 7. The van der Waals surface area contributed by atoms with Crippen molar-refractivity contribution in [2.24, 2.45) is 0 Å². The van der Waals surface area contributed by atoms with E-state index in [2.05, 4.69) is 20.5 Å². The fourth-order valence-corrected chi connectivity index (χ4v) is 2.95. The molecule has 2 rings (SSSR count). The van der Waals surface area contributed by atoms with E-state index in [9.17, 15) is 4.79 Å². The SMILES string of the molecule is COc1ccc([C@@H](CNC(=O)NCc2csc(C)n2)N(C)C)cc1. The molecule has 6 nitrogen and oxygen atoms in total. The van der Waals surface area contributed by atoms with Gasteiger partial charge in [0.2, 0.25) is 0 Å². The van der Waals surface area contributed by atoms with Gasteiger partial charge in [-0.15, -0.1) is 11.3 Å². The van der Waals surface area contributed by atoms with Gasteiger partial charge in [-0.05, 0) is 38.7 Å². The molecule has 0 unspecified atom stereocenters. The number of aryl methyl sites for hydroxylation is 1. The van der Waals surface area contributed by atoms with Crippen molar-refractivity contribution in [3.8, 4) is 5.75 Å². The van der Waals surface area contributed by atoms with Crippen LogP contribution in [0.5, 0.6) is 5.75 Å². The number of amides is 2. The van der Waals surface area contributed by atoms with Crippen LogP contribution in [0.25, 0.3) is 0 Å². The lowest BCUT2D eigenvalue weighted by molar-refractivity contribution is 0.232. The van der Waals surface area contributed by atoms with Gasteiger partial charge in [0.25, 0.3) is 0 Å². The maximum absolute atomic E-state index is 12.0. The average Bonchev–Trinajstić information content (AvgIpc) is 2.99. The molecule has 0 spiro atoms. The molecule has 0 fully saturated rings. The third kappa shape index (κ3) is 5.21. The van der Waals surface area contributed by atoms with Gasteiger partial charge >= 0.3 is 6.03 Å². The minimum atomic E-state index is -0.194. The van der Waals surface area contributed by atoms with Crippen LogP contribution in [-0.4, -0.2) is 43.7 Å². The number of nitrogens with one attached hydrogen (secondary N) is 2. The summed E-state index contributed by atoms with van der Waals surface area (Å²) in [5, 5.41) is 8.71. The number of nitrogens with zero attached hydrogens (tertiary/aromatic N) is 2. The van der Waals surface area contributed by atoms with E-state index in [-0.39, 0.29) is 12.1 Å². The van der Waals surface area contributed by atoms with Crippen LogP contribution in [0.3, 0.4) is 0 Å². The molecule has 0 saturated heterocycles. The zero-order valence-electron chi connectivity index (χ0n) is 14.5. The van der Waals surface area contributed by atoms with Gasteiger partial charge in [-0.1, -0.05) is 12.1 Å². The molecule has 2 N–H and O–H groups in total. The van der Waals surface area contributed by atoms with E-state index >= 15 is 0 Å². The van der Waals surface area contributed by atoms with Crippen LogP contribution in [0, 0.1) is 6.92 Å². The summed E-state index contributed by atoms with van der Waals surface area (Å²) >= 11 is 1.58. The van der Waals surface area contributed by atoms with Crippen LogP contribution in [0.15, 0.2) is 29.6 Å². The molecule has 1 aromatic heterocycles. The van der Waals surface area contributed by atoms with E-state index in [4.69, 9.17) is 4.74 Å². The second kappa shape index (κ2) is 8.65. The van der Waals surface area contributed by atoms with Crippen molar-refractivity contribution in [2.45, 2.75) is 19.5 Å². The Bertz CT molecular complexity index is 655. The van der Waals surface area contributed by atoms with Gasteiger partial charge in [0.15, 0.2) is 0 Å². The van der Waals surface area contributed by atoms with Crippen LogP contribution >= 0.6 is 11.3 Å². The maximum atomic E-state index is 12.0. The smallest absolute Gasteiger partial charge is 0.315 e. The van der Waals surface area contributed by atoms with Gasteiger partial charge in [0.05, 0.1) is 30.4 Å². The van der Waals surface area contributed by atoms with Gasteiger partial charge in [-0.25, -0.2) is 9.78 Å². The number of methoxy groups -OCH3 is 1. The van der Waals surface area contributed by atoms with Crippen LogP contribution in [0.1, 0.15) is 22.3 Å². The highest BCUT2D eigenvalue weighted by atomic mass is 32.1. The summed E-state index contributed by atoms with van der Waals surface area (Å²) in [6, 6.07) is 7.78. The normalized spacial score (nSPS) is 12.0. The summed E-state index contributed by atoms with van der Waals surface area (Å²) in [5.74, 6) is 0.820. The largest absolute Gasteiger partial charge is 0.497 e. The fourth-order valence-electron chi connectivity index (χ4n) is 2.34. The van der Waals surface area contributed by atoms with Gasteiger partial charge in [-0.2, -0.15) is 0 Å². The average molecular weight is 348 g/mol. The molecule has 7 heteroatoms. The molecule has 0 bridgehead atoms. The number of carbonyl (C=O) groups is 1. The van der Waals surface area contributed by atoms with Gasteiger partial charge in [-0.3, -0.25) is 0 Å². The number of ether oxygens (including phenoxy) is 1. The highest BCUT2D eigenvalue weighted by Gasteiger charge is 2.15. The summed E-state index contributed by atoms with van der Waals surface area (Å²) in [6.07, 6.45) is 0. The van der Waals surface area contributed by atoms with Crippen LogP contribution in [0.4, 0.5) is 4.79 Å². The van der Waals surface area contributed by atoms with Crippen molar-refractivity contribution < 1.29 is 9.53 Å². The first-order chi connectivity index (χ1) is 11.5. The Balaban J connectivity index is 1.87. The Hall–Kier alpha value is -2.12. The van der Waals surface area contributed by atoms with E-state index in [0.717, 1.165) is 22.0 Å². The van der Waals surface area contributed by atoms with Crippen LogP contribution in [-0.2, 0) is 6.54 Å². The maximum Gasteiger partial charge on any atom is 0.315 e. The number of likely N-dealkylation sites (N-methyl/N-ethyl adjacent to an activating group) is 1. The van der Waals surface area contributed by atoms with Crippen molar-refractivity contribution in [3.05, 3.63) is 45.9 Å². The number of aromatic nitrogens is 1. The van der Waals surface area contributed by atoms with Crippen LogP contribution in [0.2, 0.25) is 0 Å². The molecule has 0 aliphatic carbocycles. The first kappa shape index (κ1) is 18.2. The highest BCUT2D eigenvalue weighted by molar-refractivity contribution is 7.09. The topological polar surface area (TPSA) is 66.5 Å². The lowest BCUT2D eigenvalue weighted by Crippen LogP contribution is -2.40. The molecule has 1 aromatic carbocycles. The van der Waals surface area contributed by atoms with Gasteiger partial charge in [0.1, 0.15) is 5.75 Å². The predicted molar refractivity (Wildman–Crippen MR) is 96.5 cm³/mol. The number of benzene rings is 1. The molecule has 0 radical (unpaired) electrons. The number of thiazole rings is 1. The van der Waals surface area contributed by atoms with Crippen molar-refractivity contribution in [3.63, 3.8) is 0 Å². The van der Waals surface area contributed by atoms with Crippen molar-refractivity contribution in [1.82, 2.24) is 20.5 Å². The molecule has 1 heterocycles. The Morgan fingerprint density at radius 1 is 1.29 bits per heavy atom. The Labute approximate surface area is 146 Å². The second-order valence-corrected chi connectivity index (χ2v) is 6.74. The summed E-state index contributed by atoms with van der Waals surface area (Å²) < 4.78 is 5.18. The number of hydrogen-bond acceptors (Lipinski definition) is 5. The lowest BCUT2D eigenvalue weighted by Gasteiger charge is -2.25. The molecular formula is C17H24N4O2S. The van der Waals surface area contributed by atoms with Crippen molar-refractivity contribution in [1.29, 1.82) is 0 Å². The third-order valence-electron chi connectivity index (χ3n) is 3.68. The van der Waals surface area contributed by atoms with Gasteiger partial charge < -0.3 is 20.3 Å². The summed E-state index contributed by atoms with van der Waals surface area (Å²) in [5.41, 5.74) is 2.00. The number of hydrogen-bond donors (Lipinski definition) is 2. The van der Waals surface area contributed by atoms with E-state index in [0.29, 0.717) is 13.1 Å². The molecule has 2 aromatic rings.